The van der Waals surface area contributed by atoms with Crippen LogP contribution in [0.2, 0.25) is 0 Å². The molecular formula is C15H25NO4. The highest BCUT2D eigenvalue weighted by Gasteiger charge is 2.22. The van der Waals surface area contributed by atoms with Gasteiger partial charge in [0, 0.05) is 23.7 Å². The molecule has 0 fully saturated rings. The van der Waals surface area contributed by atoms with Gasteiger partial charge in [-0.3, -0.25) is 0 Å². The average Bonchev–Trinajstić information content (AvgIpc) is 2.47. The zero-order chi connectivity index (χ0) is 15.0. The van der Waals surface area contributed by atoms with Gasteiger partial charge in [-0.1, -0.05) is 6.92 Å². The molecule has 114 valence electrons. The SMILES string of the molecule is CCOc1ccc(NCC(C)(CO)CO)cc1OCC. The summed E-state index contributed by atoms with van der Waals surface area (Å²) < 4.78 is 11.1. The van der Waals surface area contributed by atoms with E-state index in [4.69, 9.17) is 9.47 Å². The fourth-order valence-electron chi connectivity index (χ4n) is 1.64. The molecule has 5 nitrogen and oxygen atoms in total. The summed E-state index contributed by atoms with van der Waals surface area (Å²) in [5.41, 5.74) is 0.315. The number of nitrogens with one attached hydrogen (secondary N) is 1. The van der Waals surface area contributed by atoms with Crippen molar-refractivity contribution in [1.82, 2.24) is 0 Å². The van der Waals surface area contributed by atoms with Crippen molar-refractivity contribution in [2.45, 2.75) is 20.8 Å². The van der Waals surface area contributed by atoms with Gasteiger partial charge in [-0.05, 0) is 26.0 Å². The van der Waals surface area contributed by atoms with Crippen LogP contribution in [0.15, 0.2) is 18.2 Å². The molecule has 3 N–H and O–H groups in total. The van der Waals surface area contributed by atoms with Crippen LogP contribution in [-0.2, 0) is 0 Å². The molecule has 0 aliphatic carbocycles. The molecule has 20 heavy (non-hydrogen) atoms. The predicted octanol–water partition coefficient (Wildman–Crippen LogP) is 1.89. The Labute approximate surface area is 120 Å². The van der Waals surface area contributed by atoms with Gasteiger partial charge < -0.3 is 25.0 Å². The molecule has 0 spiro atoms. The molecular weight excluding hydrogens is 258 g/mol. The van der Waals surface area contributed by atoms with Gasteiger partial charge in [0.05, 0.1) is 26.4 Å². The lowest BCUT2D eigenvalue weighted by atomic mass is 9.93. The molecule has 0 bridgehead atoms. The lowest BCUT2D eigenvalue weighted by Gasteiger charge is -2.25. The Hall–Kier alpha value is -1.46. The number of aliphatic hydroxyl groups excluding tert-OH is 2. The molecule has 0 aliphatic rings. The Bertz CT molecular complexity index is 405. The lowest BCUT2D eigenvalue weighted by Crippen LogP contribution is -2.34. The fourth-order valence-corrected chi connectivity index (χ4v) is 1.64. The van der Waals surface area contributed by atoms with E-state index in [0.717, 1.165) is 5.69 Å². The molecule has 0 heterocycles. The van der Waals surface area contributed by atoms with Gasteiger partial charge in [0.15, 0.2) is 11.5 Å². The molecule has 1 aromatic carbocycles. The molecule has 0 atom stereocenters. The summed E-state index contributed by atoms with van der Waals surface area (Å²) in [5, 5.41) is 21.7. The van der Waals surface area contributed by atoms with Crippen LogP contribution in [-0.4, -0.2) is 43.2 Å². The minimum absolute atomic E-state index is 0.0775. The van der Waals surface area contributed by atoms with Gasteiger partial charge in [-0.15, -0.1) is 0 Å². The Kier molecular flexibility index (Phi) is 6.61. The first kappa shape index (κ1) is 16.6. The average molecular weight is 283 g/mol. The number of benzene rings is 1. The maximum atomic E-state index is 9.27. The number of ether oxygens (including phenoxy) is 2. The fraction of sp³-hybridized carbons (Fsp3) is 0.600. The lowest BCUT2D eigenvalue weighted by molar-refractivity contribution is 0.0806. The highest BCUT2D eigenvalue weighted by Crippen LogP contribution is 2.31. The van der Waals surface area contributed by atoms with Crippen LogP contribution in [0, 0.1) is 5.41 Å². The zero-order valence-electron chi connectivity index (χ0n) is 12.5. The first-order valence-corrected chi connectivity index (χ1v) is 6.93. The van der Waals surface area contributed by atoms with Gasteiger partial charge in [-0.2, -0.15) is 0 Å². The summed E-state index contributed by atoms with van der Waals surface area (Å²) in [6.07, 6.45) is 0. The van der Waals surface area contributed by atoms with Crippen molar-refractivity contribution < 1.29 is 19.7 Å². The first-order valence-electron chi connectivity index (χ1n) is 6.93. The molecule has 0 amide bonds. The molecule has 5 heteroatoms. The zero-order valence-corrected chi connectivity index (χ0v) is 12.5. The van der Waals surface area contributed by atoms with E-state index in [1.54, 1.807) is 0 Å². The minimum atomic E-state index is -0.551. The summed E-state index contributed by atoms with van der Waals surface area (Å²) >= 11 is 0. The van der Waals surface area contributed by atoms with Crippen LogP contribution in [0.5, 0.6) is 11.5 Å². The van der Waals surface area contributed by atoms with Crippen molar-refractivity contribution >= 4 is 5.69 Å². The summed E-state index contributed by atoms with van der Waals surface area (Å²) in [7, 11) is 0. The number of rotatable bonds is 9. The van der Waals surface area contributed by atoms with Crippen molar-refractivity contribution in [2.24, 2.45) is 5.41 Å². The van der Waals surface area contributed by atoms with Crippen molar-refractivity contribution in [3.63, 3.8) is 0 Å². The van der Waals surface area contributed by atoms with Crippen LogP contribution < -0.4 is 14.8 Å². The van der Waals surface area contributed by atoms with E-state index in [0.29, 0.717) is 31.3 Å². The van der Waals surface area contributed by atoms with Crippen molar-refractivity contribution in [2.75, 3.05) is 38.3 Å². The second-order valence-corrected chi connectivity index (χ2v) is 5.01. The van der Waals surface area contributed by atoms with Crippen molar-refractivity contribution in [3.8, 4) is 11.5 Å². The summed E-state index contributed by atoms with van der Waals surface area (Å²) in [6, 6.07) is 5.61. The van der Waals surface area contributed by atoms with E-state index >= 15 is 0 Å². The van der Waals surface area contributed by atoms with Crippen molar-refractivity contribution in [3.05, 3.63) is 18.2 Å². The van der Waals surface area contributed by atoms with Crippen LogP contribution >= 0.6 is 0 Å². The Morgan fingerprint density at radius 3 is 2.20 bits per heavy atom. The van der Waals surface area contributed by atoms with Crippen molar-refractivity contribution in [1.29, 1.82) is 0 Å². The van der Waals surface area contributed by atoms with Crippen LogP contribution in [0.3, 0.4) is 0 Å². The van der Waals surface area contributed by atoms with Gasteiger partial charge in [0.2, 0.25) is 0 Å². The standard InChI is InChI=1S/C15H25NO4/c1-4-19-13-7-6-12(8-14(13)20-5-2)16-9-15(3,10-17)11-18/h6-8,16-18H,4-5,9-11H2,1-3H3. The predicted molar refractivity (Wildman–Crippen MR) is 79.5 cm³/mol. The topological polar surface area (TPSA) is 71.0 Å². The number of aliphatic hydroxyl groups is 2. The van der Waals surface area contributed by atoms with E-state index in [2.05, 4.69) is 5.32 Å². The van der Waals surface area contributed by atoms with Gasteiger partial charge in [0.1, 0.15) is 0 Å². The molecule has 1 rings (SSSR count). The molecule has 0 saturated heterocycles. The first-order chi connectivity index (χ1) is 9.58. The molecule has 0 aromatic heterocycles. The summed E-state index contributed by atoms with van der Waals surface area (Å²) in [6.45, 7) is 7.13. The third kappa shape index (κ3) is 4.58. The molecule has 0 saturated carbocycles. The van der Waals surface area contributed by atoms with E-state index in [-0.39, 0.29) is 13.2 Å². The molecule has 1 aromatic rings. The number of hydrogen-bond donors (Lipinski definition) is 3. The van der Waals surface area contributed by atoms with E-state index in [1.165, 1.54) is 0 Å². The Morgan fingerprint density at radius 2 is 1.65 bits per heavy atom. The number of hydrogen-bond acceptors (Lipinski definition) is 5. The second kappa shape index (κ2) is 7.97. The monoisotopic (exact) mass is 283 g/mol. The Morgan fingerprint density at radius 1 is 1.05 bits per heavy atom. The Balaban J connectivity index is 2.78. The van der Waals surface area contributed by atoms with Gasteiger partial charge in [-0.25, -0.2) is 0 Å². The van der Waals surface area contributed by atoms with Gasteiger partial charge in [0.25, 0.3) is 0 Å². The summed E-state index contributed by atoms with van der Waals surface area (Å²) in [4.78, 5) is 0. The maximum Gasteiger partial charge on any atom is 0.163 e. The van der Waals surface area contributed by atoms with Crippen LogP contribution in [0.1, 0.15) is 20.8 Å². The van der Waals surface area contributed by atoms with E-state index in [9.17, 15) is 10.2 Å². The van der Waals surface area contributed by atoms with Crippen LogP contribution in [0.25, 0.3) is 0 Å². The second-order valence-electron chi connectivity index (χ2n) is 5.01. The third-order valence-corrected chi connectivity index (χ3v) is 3.03. The quantitative estimate of drug-likeness (QED) is 0.645. The highest BCUT2D eigenvalue weighted by atomic mass is 16.5. The largest absolute Gasteiger partial charge is 0.490 e. The normalized spacial score (nSPS) is 11.2. The van der Waals surface area contributed by atoms with E-state index < -0.39 is 5.41 Å². The minimum Gasteiger partial charge on any atom is -0.490 e. The molecule has 0 aliphatic heterocycles. The smallest absolute Gasteiger partial charge is 0.163 e. The third-order valence-electron chi connectivity index (χ3n) is 3.03. The van der Waals surface area contributed by atoms with Crippen LogP contribution in [0.4, 0.5) is 5.69 Å². The molecule has 0 radical (unpaired) electrons. The summed E-state index contributed by atoms with van der Waals surface area (Å²) in [5.74, 6) is 1.40. The maximum absolute atomic E-state index is 9.27. The number of anilines is 1. The van der Waals surface area contributed by atoms with E-state index in [1.807, 2.05) is 39.0 Å². The van der Waals surface area contributed by atoms with Gasteiger partial charge >= 0.3 is 0 Å². The molecule has 0 unspecified atom stereocenters. The highest BCUT2D eigenvalue weighted by molar-refractivity contribution is 5.54.